The summed E-state index contributed by atoms with van der Waals surface area (Å²) in [5, 5.41) is 15.4. The summed E-state index contributed by atoms with van der Waals surface area (Å²) in [6.07, 6.45) is 1.93. The molecule has 24 heavy (non-hydrogen) atoms. The van der Waals surface area contributed by atoms with Crippen molar-refractivity contribution in [2.75, 3.05) is 13.1 Å². The van der Waals surface area contributed by atoms with Gasteiger partial charge in [-0.1, -0.05) is 11.3 Å². The largest absolute Gasteiger partial charge is 0.351 e. The van der Waals surface area contributed by atoms with E-state index in [1.54, 1.807) is 0 Å². The zero-order valence-electron chi connectivity index (χ0n) is 13.8. The van der Waals surface area contributed by atoms with Crippen LogP contribution in [0.3, 0.4) is 0 Å². The molecule has 1 aliphatic heterocycles. The molecule has 1 aromatic carbocycles. The molecule has 0 aliphatic carbocycles. The van der Waals surface area contributed by atoms with Crippen LogP contribution in [0.15, 0.2) is 18.2 Å². The van der Waals surface area contributed by atoms with Gasteiger partial charge < -0.3 is 9.88 Å². The van der Waals surface area contributed by atoms with Gasteiger partial charge in [0.25, 0.3) is 5.91 Å². The molecule has 0 saturated carbocycles. The fraction of sp³-hybridized carbons (Fsp3) is 0.412. The number of H-pyrrole nitrogens is 2. The summed E-state index contributed by atoms with van der Waals surface area (Å²) >= 11 is 0. The summed E-state index contributed by atoms with van der Waals surface area (Å²) < 4.78 is 0. The SMILES string of the molecule is Cc1ccc2[nH]c(C(=O)N3CCC[C@@H](c4nn[nH]n4)C3)cc2c1C. The van der Waals surface area contributed by atoms with E-state index in [0.29, 0.717) is 18.1 Å². The molecule has 1 amide bonds. The van der Waals surface area contributed by atoms with Crippen molar-refractivity contribution in [2.24, 2.45) is 0 Å². The lowest BCUT2D eigenvalue weighted by Crippen LogP contribution is -2.39. The van der Waals surface area contributed by atoms with E-state index in [1.807, 2.05) is 17.0 Å². The van der Waals surface area contributed by atoms with Gasteiger partial charge in [0.05, 0.1) is 0 Å². The molecule has 124 valence electrons. The molecule has 1 saturated heterocycles. The van der Waals surface area contributed by atoms with Crippen molar-refractivity contribution in [3.63, 3.8) is 0 Å². The third-order valence-corrected chi connectivity index (χ3v) is 5.01. The van der Waals surface area contributed by atoms with Crippen molar-refractivity contribution in [3.05, 3.63) is 40.8 Å². The minimum absolute atomic E-state index is 0.0384. The van der Waals surface area contributed by atoms with Crippen LogP contribution in [-0.4, -0.2) is 49.5 Å². The van der Waals surface area contributed by atoms with Crippen molar-refractivity contribution in [1.82, 2.24) is 30.5 Å². The van der Waals surface area contributed by atoms with Gasteiger partial charge in [0.2, 0.25) is 0 Å². The molecule has 0 unspecified atom stereocenters. The van der Waals surface area contributed by atoms with Gasteiger partial charge >= 0.3 is 0 Å². The van der Waals surface area contributed by atoms with Crippen LogP contribution >= 0.6 is 0 Å². The number of nitrogens with one attached hydrogen (secondary N) is 2. The van der Waals surface area contributed by atoms with Gasteiger partial charge in [0.1, 0.15) is 5.69 Å². The highest BCUT2D eigenvalue weighted by Gasteiger charge is 2.28. The monoisotopic (exact) mass is 324 g/mol. The molecule has 7 heteroatoms. The molecule has 2 N–H and O–H groups in total. The molecule has 0 radical (unpaired) electrons. The summed E-state index contributed by atoms with van der Waals surface area (Å²) in [5.41, 5.74) is 4.10. The van der Waals surface area contributed by atoms with Crippen LogP contribution in [-0.2, 0) is 0 Å². The topological polar surface area (TPSA) is 90.6 Å². The van der Waals surface area contributed by atoms with E-state index >= 15 is 0 Å². The number of hydrogen-bond acceptors (Lipinski definition) is 4. The van der Waals surface area contributed by atoms with E-state index in [2.05, 4.69) is 45.5 Å². The van der Waals surface area contributed by atoms with Crippen LogP contribution in [0.25, 0.3) is 10.9 Å². The Morgan fingerprint density at radius 3 is 3.00 bits per heavy atom. The number of amides is 1. The summed E-state index contributed by atoms with van der Waals surface area (Å²) in [6, 6.07) is 6.08. The van der Waals surface area contributed by atoms with E-state index in [4.69, 9.17) is 0 Å². The quantitative estimate of drug-likeness (QED) is 0.757. The molecule has 2 aromatic heterocycles. The Morgan fingerprint density at radius 1 is 1.33 bits per heavy atom. The Balaban J connectivity index is 1.60. The number of carbonyl (C=O) groups excluding carboxylic acids is 1. The van der Waals surface area contributed by atoms with Gasteiger partial charge in [0.15, 0.2) is 5.82 Å². The number of benzene rings is 1. The number of fused-ring (bicyclic) bond motifs is 1. The Morgan fingerprint density at radius 2 is 2.21 bits per heavy atom. The van der Waals surface area contributed by atoms with Crippen LogP contribution in [0.5, 0.6) is 0 Å². The average molecular weight is 324 g/mol. The van der Waals surface area contributed by atoms with Crippen LogP contribution in [0.4, 0.5) is 0 Å². The lowest BCUT2D eigenvalue weighted by molar-refractivity contribution is 0.0699. The second-order valence-electron chi connectivity index (χ2n) is 6.51. The van der Waals surface area contributed by atoms with E-state index in [0.717, 1.165) is 30.3 Å². The van der Waals surface area contributed by atoms with Gasteiger partial charge in [-0.15, -0.1) is 10.2 Å². The predicted molar refractivity (Wildman–Crippen MR) is 89.8 cm³/mol. The maximum Gasteiger partial charge on any atom is 0.270 e. The molecule has 0 bridgehead atoms. The molecule has 3 heterocycles. The van der Waals surface area contributed by atoms with Crippen molar-refractivity contribution in [1.29, 1.82) is 0 Å². The third-order valence-electron chi connectivity index (χ3n) is 5.01. The second-order valence-corrected chi connectivity index (χ2v) is 6.51. The zero-order chi connectivity index (χ0) is 16.7. The number of nitrogens with zero attached hydrogens (tertiary/aromatic N) is 4. The summed E-state index contributed by atoms with van der Waals surface area (Å²) in [7, 11) is 0. The zero-order valence-corrected chi connectivity index (χ0v) is 13.8. The first-order chi connectivity index (χ1) is 11.6. The van der Waals surface area contributed by atoms with Crippen LogP contribution in [0, 0.1) is 13.8 Å². The predicted octanol–water partition coefficient (Wildman–Crippen LogP) is 2.32. The van der Waals surface area contributed by atoms with E-state index in [9.17, 15) is 4.79 Å². The molecule has 4 rings (SSSR count). The summed E-state index contributed by atoms with van der Waals surface area (Å²) in [6.45, 7) is 5.57. The lowest BCUT2D eigenvalue weighted by atomic mass is 9.97. The van der Waals surface area contributed by atoms with Crippen molar-refractivity contribution >= 4 is 16.8 Å². The van der Waals surface area contributed by atoms with Gasteiger partial charge in [-0.25, -0.2) is 0 Å². The van der Waals surface area contributed by atoms with Gasteiger partial charge in [-0.3, -0.25) is 4.79 Å². The number of hydrogen-bond donors (Lipinski definition) is 2. The highest BCUT2D eigenvalue weighted by atomic mass is 16.2. The number of piperidine rings is 1. The first-order valence-corrected chi connectivity index (χ1v) is 8.25. The molecule has 0 spiro atoms. The molecule has 7 nitrogen and oxygen atoms in total. The Hall–Kier alpha value is -2.70. The third kappa shape index (κ3) is 2.46. The Bertz CT molecular complexity index is 882. The fourth-order valence-corrected chi connectivity index (χ4v) is 3.46. The second kappa shape index (κ2) is 5.74. The standard InChI is InChI=1S/C17H20N6O/c1-10-5-6-14-13(11(10)2)8-15(18-14)17(24)23-7-3-4-12(9-23)16-19-21-22-20-16/h5-6,8,12,18H,3-4,7,9H2,1-2H3,(H,19,20,21,22)/t12-/m1/s1. The van der Waals surface area contributed by atoms with Gasteiger partial charge in [-0.2, -0.15) is 5.21 Å². The summed E-state index contributed by atoms with van der Waals surface area (Å²) in [4.78, 5) is 18.1. The maximum absolute atomic E-state index is 12.9. The normalized spacial score (nSPS) is 18.2. The first-order valence-electron chi connectivity index (χ1n) is 8.25. The highest BCUT2D eigenvalue weighted by molar-refractivity contribution is 5.99. The highest BCUT2D eigenvalue weighted by Crippen LogP contribution is 2.27. The Labute approximate surface area is 139 Å². The van der Waals surface area contributed by atoms with Gasteiger partial charge in [0, 0.05) is 29.9 Å². The lowest BCUT2D eigenvalue weighted by Gasteiger charge is -2.30. The molecule has 3 aromatic rings. The smallest absolute Gasteiger partial charge is 0.270 e. The molecule has 1 atom stereocenters. The van der Waals surface area contributed by atoms with E-state index < -0.39 is 0 Å². The number of rotatable bonds is 2. The fourth-order valence-electron chi connectivity index (χ4n) is 3.46. The molecular weight excluding hydrogens is 304 g/mol. The molecule has 1 aliphatic rings. The molecular formula is C17H20N6O. The maximum atomic E-state index is 12.9. The number of tetrazole rings is 1. The summed E-state index contributed by atoms with van der Waals surface area (Å²) in [5.74, 6) is 0.877. The van der Waals surface area contributed by atoms with Crippen LogP contribution in [0.2, 0.25) is 0 Å². The number of carbonyl (C=O) groups is 1. The minimum atomic E-state index is 0.0384. The van der Waals surface area contributed by atoms with Crippen LogP contribution in [0.1, 0.15) is 46.2 Å². The first kappa shape index (κ1) is 14.9. The number of aromatic amines is 2. The molecule has 1 fully saturated rings. The van der Waals surface area contributed by atoms with Crippen molar-refractivity contribution < 1.29 is 4.79 Å². The number of likely N-dealkylation sites (tertiary alicyclic amines) is 1. The van der Waals surface area contributed by atoms with E-state index in [1.165, 1.54) is 11.1 Å². The van der Waals surface area contributed by atoms with Crippen LogP contribution < -0.4 is 0 Å². The van der Waals surface area contributed by atoms with Crippen molar-refractivity contribution in [2.45, 2.75) is 32.6 Å². The number of aromatic nitrogens is 5. The number of aryl methyl sites for hydroxylation is 2. The Kier molecular flexibility index (Phi) is 3.55. The van der Waals surface area contributed by atoms with E-state index in [-0.39, 0.29) is 11.8 Å². The average Bonchev–Trinajstić information content (AvgIpc) is 3.27. The minimum Gasteiger partial charge on any atom is -0.351 e. The van der Waals surface area contributed by atoms with Gasteiger partial charge in [-0.05, 0) is 49.9 Å². The van der Waals surface area contributed by atoms with Crippen molar-refractivity contribution in [3.8, 4) is 0 Å².